The highest BCUT2D eigenvalue weighted by molar-refractivity contribution is 5.71. The van der Waals surface area contributed by atoms with Crippen LogP contribution in [0.5, 0.6) is 0 Å². The third-order valence-electron chi connectivity index (χ3n) is 0.711. The van der Waals surface area contributed by atoms with Gasteiger partial charge in [0.15, 0.2) is 0 Å². The molecule has 0 fully saturated rings. The number of carbonyl (C=O) groups is 1. The van der Waals surface area contributed by atoms with Crippen molar-refractivity contribution >= 4 is 6.03 Å². The highest BCUT2D eigenvalue weighted by Gasteiger charge is 2.06. The van der Waals surface area contributed by atoms with Gasteiger partial charge in [0.25, 0.3) is 0 Å². The lowest BCUT2D eigenvalue weighted by molar-refractivity contribution is 0.181. The van der Waals surface area contributed by atoms with Crippen LogP contribution >= 0.6 is 0 Å². The Bertz CT molecular complexity index is 123. The van der Waals surface area contributed by atoms with Gasteiger partial charge >= 0.3 is 6.03 Å². The van der Waals surface area contributed by atoms with Crippen LogP contribution in [-0.4, -0.2) is 11.1 Å². The Hall–Kier alpha value is -1.39. The summed E-state index contributed by atoms with van der Waals surface area (Å²) in [6.45, 7) is 0. The standard InChI is InChI=1S/C3H6N4O/c4-3(8)7-5-1-2-6-7/h1-2,5-6H,(H2,4,8). The lowest BCUT2D eigenvalue weighted by atomic mass is 11.0. The van der Waals surface area contributed by atoms with Crippen LogP contribution in [0.15, 0.2) is 12.4 Å². The van der Waals surface area contributed by atoms with Crippen molar-refractivity contribution in [2.24, 2.45) is 5.73 Å². The van der Waals surface area contributed by atoms with Gasteiger partial charge in [-0.05, 0) is 0 Å². The van der Waals surface area contributed by atoms with Crippen molar-refractivity contribution in [2.45, 2.75) is 0 Å². The second-order valence-electron chi connectivity index (χ2n) is 1.27. The monoisotopic (exact) mass is 114 g/mol. The first-order valence-electron chi connectivity index (χ1n) is 2.07. The molecule has 4 N–H and O–H groups in total. The zero-order valence-electron chi connectivity index (χ0n) is 4.09. The molecule has 0 radical (unpaired) electrons. The maximum absolute atomic E-state index is 10.2. The van der Waals surface area contributed by atoms with Crippen LogP contribution in [0.2, 0.25) is 0 Å². The molecule has 8 heavy (non-hydrogen) atoms. The summed E-state index contributed by atoms with van der Waals surface area (Å²) >= 11 is 0. The average Bonchev–Trinajstić information content (AvgIpc) is 2.12. The number of nitrogens with one attached hydrogen (secondary N) is 2. The van der Waals surface area contributed by atoms with E-state index >= 15 is 0 Å². The lowest BCUT2D eigenvalue weighted by Crippen LogP contribution is -2.46. The molecule has 0 bridgehead atoms. The van der Waals surface area contributed by atoms with E-state index in [-0.39, 0.29) is 0 Å². The third kappa shape index (κ3) is 0.651. The van der Waals surface area contributed by atoms with Gasteiger partial charge in [0.05, 0.1) is 0 Å². The van der Waals surface area contributed by atoms with Gasteiger partial charge in [0.1, 0.15) is 0 Å². The van der Waals surface area contributed by atoms with Gasteiger partial charge in [0, 0.05) is 12.4 Å². The van der Waals surface area contributed by atoms with Crippen molar-refractivity contribution in [3.05, 3.63) is 12.4 Å². The molecule has 5 nitrogen and oxygen atoms in total. The Balaban J connectivity index is 2.41. The van der Waals surface area contributed by atoms with E-state index in [0.717, 1.165) is 5.12 Å². The summed E-state index contributed by atoms with van der Waals surface area (Å²) in [5.41, 5.74) is 9.87. The molecular weight excluding hydrogens is 108 g/mol. The Morgan fingerprint density at radius 3 is 2.25 bits per heavy atom. The minimum atomic E-state index is -0.560. The molecule has 0 aliphatic carbocycles. The van der Waals surface area contributed by atoms with Crippen molar-refractivity contribution in [3.8, 4) is 0 Å². The molecular formula is C3H6N4O. The average molecular weight is 114 g/mol. The molecule has 0 saturated carbocycles. The Morgan fingerprint density at radius 1 is 1.50 bits per heavy atom. The van der Waals surface area contributed by atoms with Crippen LogP contribution in [0, 0.1) is 0 Å². The SMILES string of the molecule is NC(=O)N1NC=CN1. The van der Waals surface area contributed by atoms with E-state index in [2.05, 4.69) is 10.9 Å². The lowest BCUT2D eigenvalue weighted by Gasteiger charge is -2.11. The highest BCUT2D eigenvalue weighted by Crippen LogP contribution is 1.81. The number of rotatable bonds is 0. The van der Waals surface area contributed by atoms with Gasteiger partial charge in [-0.1, -0.05) is 0 Å². The van der Waals surface area contributed by atoms with E-state index < -0.39 is 6.03 Å². The second kappa shape index (κ2) is 1.61. The van der Waals surface area contributed by atoms with Crippen LogP contribution in [0.25, 0.3) is 0 Å². The van der Waals surface area contributed by atoms with E-state index in [9.17, 15) is 4.79 Å². The number of hydrazine groups is 2. The predicted molar refractivity (Wildman–Crippen MR) is 26.8 cm³/mol. The Labute approximate surface area is 46.1 Å². The van der Waals surface area contributed by atoms with Crippen molar-refractivity contribution in [2.75, 3.05) is 0 Å². The number of nitrogens with two attached hydrogens (primary N) is 1. The fourth-order valence-corrected chi connectivity index (χ4v) is 0.388. The summed E-state index contributed by atoms with van der Waals surface area (Å²) in [6, 6.07) is -0.560. The van der Waals surface area contributed by atoms with Crippen LogP contribution in [-0.2, 0) is 0 Å². The van der Waals surface area contributed by atoms with Gasteiger partial charge < -0.3 is 5.73 Å². The summed E-state index contributed by atoms with van der Waals surface area (Å²) in [5, 5.41) is 1.06. The molecule has 0 saturated heterocycles. The molecule has 0 aromatic carbocycles. The maximum Gasteiger partial charge on any atom is 0.353 e. The minimum absolute atomic E-state index is 0.560. The topological polar surface area (TPSA) is 70.4 Å². The van der Waals surface area contributed by atoms with Crippen LogP contribution in [0.1, 0.15) is 0 Å². The second-order valence-corrected chi connectivity index (χ2v) is 1.27. The first kappa shape index (κ1) is 4.76. The van der Waals surface area contributed by atoms with Crippen molar-refractivity contribution in [1.29, 1.82) is 0 Å². The number of carbonyl (C=O) groups excluding carboxylic acids is 1. The smallest absolute Gasteiger partial charge is 0.349 e. The highest BCUT2D eigenvalue weighted by atomic mass is 16.2. The van der Waals surface area contributed by atoms with E-state index in [4.69, 9.17) is 5.73 Å². The molecule has 0 unspecified atom stereocenters. The molecule has 0 spiro atoms. The Morgan fingerprint density at radius 2 is 2.00 bits per heavy atom. The maximum atomic E-state index is 10.2. The third-order valence-corrected chi connectivity index (χ3v) is 0.711. The number of nitrogens with zero attached hydrogens (tertiary/aromatic N) is 1. The molecule has 1 aliphatic heterocycles. The summed E-state index contributed by atoms with van der Waals surface area (Å²) in [7, 11) is 0. The summed E-state index contributed by atoms with van der Waals surface area (Å²) in [5.74, 6) is 0. The van der Waals surface area contributed by atoms with Crippen molar-refractivity contribution in [1.82, 2.24) is 16.0 Å². The van der Waals surface area contributed by atoms with E-state index in [1.165, 1.54) is 0 Å². The Kier molecular flexibility index (Phi) is 0.957. The number of amides is 2. The van der Waals surface area contributed by atoms with E-state index in [0.29, 0.717) is 0 Å². The zero-order valence-corrected chi connectivity index (χ0v) is 4.09. The fraction of sp³-hybridized carbons (Fsp3) is 0. The normalized spacial score (nSPS) is 15.2. The van der Waals surface area contributed by atoms with Gasteiger partial charge in [-0.15, -0.1) is 5.12 Å². The number of hydrogen-bond donors (Lipinski definition) is 3. The molecule has 44 valence electrons. The first-order valence-corrected chi connectivity index (χ1v) is 2.07. The van der Waals surface area contributed by atoms with Gasteiger partial charge in [-0.25, -0.2) is 4.79 Å². The van der Waals surface area contributed by atoms with Gasteiger partial charge in [-0.2, -0.15) is 0 Å². The zero-order chi connectivity index (χ0) is 5.98. The molecule has 5 heteroatoms. The molecule has 0 aromatic rings. The fourth-order valence-electron chi connectivity index (χ4n) is 0.388. The van der Waals surface area contributed by atoms with Gasteiger partial charge in [0.2, 0.25) is 0 Å². The van der Waals surface area contributed by atoms with Crippen LogP contribution in [0.4, 0.5) is 4.79 Å². The van der Waals surface area contributed by atoms with Gasteiger partial charge in [-0.3, -0.25) is 10.9 Å². The number of urea groups is 1. The van der Waals surface area contributed by atoms with E-state index in [1.54, 1.807) is 12.4 Å². The predicted octanol–water partition coefficient (Wildman–Crippen LogP) is -1.14. The largest absolute Gasteiger partial charge is 0.353 e. The molecule has 0 aromatic heterocycles. The number of hydrogen-bond acceptors (Lipinski definition) is 3. The van der Waals surface area contributed by atoms with Crippen molar-refractivity contribution in [3.63, 3.8) is 0 Å². The summed E-state index contributed by atoms with van der Waals surface area (Å²) in [4.78, 5) is 10.2. The quantitative estimate of drug-likeness (QED) is 0.373. The molecule has 1 aliphatic rings. The number of primary amides is 1. The minimum Gasteiger partial charge on any atom is -0.349 e. The molecule has 1 heterocycles. The molecule has 0 atom stereocenters. The molecule has 2 amide bonds. The molecule has 1 rings (SSSR count). The van der Waals surface area contributed by atoms with Crippen LogP contribution < -0.4 is 16.6 Å². The van der Waals surface area contributed by atoms with Crippen molar-refractivity contribution < 1.29 is 4.79 Å². The van der Waals surface area contributed by atoms with Crippen LogP contribution in [0.3, 0.4) is 0 Å². The summed E-state index contributed by atoms with van der Waals surface area (Å²) < 4.78 is 0. The first-order chi connectivity index (χ1) is 3.80. The van der Waals surface area contributed by atoms with E-state index in [1.807, 2.05) is 0 Å². The summed E-state index contributed by atoms with van der Waals surface area (Å²) in [6.07, 6.45) is 3.12.